The highest BCUT2D eigenvalue weighted by atomic mass is 16.5. The smallest absolute Gasteiger partial charge is 0.335 e. The largest absolute Gasteiger partial charge is 0.478 e. The Morgan fingerprint density at radius 2 is 1.03 bits per heavy atom. The third-order valence-electron chi connectivity index (χ3n) is 3.59. The van der Waals surface area contributed by atoms with Crippen molar-refractivity contribution in [1.82, 2.24) is 0 Å². The van der Waals surface area contributed by atoms with Crippen LogP contribution in [0.25, 0.3) is 0 Å². The van der Waals surface area contributed by atoms with Crippen LogP contribution in [0, 0.1) is 0 Å². The van der Waals surface area contributed by atoms with Crippen LogP contribution in [0.4, 0.5) is 0 Å². The van der Waals surface area contributed by atoms with Crippen LogP contribution >= 0.6 is 0 Å². The fourth-order valence-corrected chi connectivity index (χ4v) is 1.93. The Morgan fingerprint density at radius 1 is 0.727 bits per heavy atom. The first-order chi connectivity index (χ1) is 15.4. The van der Waals surface area contributed by atoms with Crippen LogP contribution < -0.4 is 0 Å². The van der Waals surface area contributed by atoms with Gasteiger partial charge in [-0.2, -0.15) is 0 Å². The van der Waals surface area contributed by atoms with E-state index in [-0.39, 0.29) is 35.0 Å². The van der Waals surface area contributed by atoms with Crippen molar-refractivity contribution in [1.29, 1.82) is 0 Å². The minimum absolute atomic E-state index is 0.00667. The number of hydrogen-bond donors (Lipinski definition) is 6. The summed E-state index contributed by atoms with van der Waals surface area (Å²) in [5.41, 5.74) is -0.0744. The van der Waals surface area contributed by atoms with E-state index in [0.29, 0.717) is 6.61 Å². The fourth-order valence-electron chi connectivity index (χ4n) is 1.93. The van der Waals surface area contributed by atoms with E-state index in [0.717, 1.165) is 12.1 Å². The number of hydrogen-bond acceptors (Lipinski definition) is 7. The summed E-state index contributed by atoms with van der Waals surface area (Å²) in [5, 5.41) is 51.1. The number of ether oxygens (including phenoxy) is 1. The summed E-state index contributed by atoms with van der Waals surface area (Å²) < 4.78 is 4.95. The molecule has 0 radical (unpaired) electrons. The molecule has 11 heteroatoms. The zero-order valence-electron chi connectivity index (χ0n) is 17.9. The molecule has 2 rings (SSSR count). The number of aromatic carboxylic acids is 4. The molecule has 2 atom stereocenters. The zero-order chi connectivity index (χ0) is 25.6. The van der Waals surface area contributed by atoms with E-state index in [1.807, 2.05) is 0 Å². The van der Waals surface area contributed by atoms with Gasteiger partial charge in [-0.25, -0.2) is 19.2 Å². The number of carboxylic acid groups (broad SMARTS) is 4. The SMILES string of the molecule is CC(O)COC(C)CO.O=C(O)c1cccc(C(=O)O)c1.O=C(O)c1cccc(C(=O)O)c1. The number of carbonyl (C=O) groups is 4. The van der Waals surface area contributed by atoms with Crippen molar-refractivity contribution in [3.63, 3.8) is 0 Å². The van der Waals surface area contributed by atoms with E-state index >= 15 is 0 Å². The number of carboxylic acids is 4. The van der Waals surface area contributed by atoms with Gasteiger partial charge in [0, 0.05) is 0 Å². The molecule has 180 valence electrons. The van der Waals surface area contributed by atoms with Crippen LogP contribution in [0.15, 0.2) is 48.5 Å². The van der Waals surface area contributed by atoms with Gasteiger partial charge in [0.1, 0.15) is 0 Å². The number of rotatable bonds is 8. The maximum Gasteiger partial charge on any atom is 0.335 e. The Hall–Kier alpha value is -3.80. The second-order valence-corrected chi connectivity index (χ2v) is 6.56. The van der Waals surface area contributed by atoms with Crippen molar-refractivity contribution in [2.24, 2.45) is 0 Å². The molecule has 0 fully saturated rings. The van der Waals surface area contributed by atoms with Gasteiger partial charge in [-0.05, 0) is 50.2 Å². The molecule has 0 aromatic heterocycles. The van der Waals surface area contributed by atoms with Gasteiger partial charge in [-0.1, -0.05) is 12.1 Å². The normalized spacial score (nSPS) is 11.5. The summed E-state index contributed by atoms with van der Waals surface area (Å²) in [5.74, 6) is -4.51. The minimum Gasteiger partial charge on any atom is -0.478 e. The van der Waals surface area contributed by atoms with Crippen LogP contribution in [-0.4, -0.2) is 79.9 Å². The lowest BCUT2D eigenvalue weighted by Gasteiger charge is -2.10. The van der Waals surface area contributed by atoms with E-state index < -0.39 is 30.0 Å². The van der Waals surface area contributed by atoms with Gasteiger partial charge in [-0.15, -0.1) is 0 Å². The van der Waals surface area contributed by atoms with Gasteiger partial charge in [0.05, 0.1) is 47.7 Å². The Kier molecular flexibility index (Phi) is 13.3. The molecule has 2 aromatic rings. The standard InChI is InChI=1S/2C8H6O4.C6H14O3/c2*9-7(10)5-2-1-3-6(4-5)8(11)12;1-5(8)4-9-6(2)3-7/h2*1-4H,(H,9,10)(H,11,12);5-8H,3-4H2,1-2H3. The number of benzene rings is 2. The average Bonchev–Trinajstić information content (AvgIpc) is 2.78. The molecule has 2 unspecified atom stereocenters. The first kappa shape index (κ1) is 29.2. The van der Waals surface area contributed by atoms with Crippen LogP contribution in [-0.2, 0) is 4.74 Å². The summed E-state index contributed by atoms with van der Waals surface area (Å²) in [6.07, 6.45) is -0.612. The summed E-state index contributed by atoms with van der Waals surface area (Å²) in [6, 6.07) is 10.4. The van der Waals surface area contributed by atoms with Crippen molar-refractivity contribution in [3.05, 3.63) is 70.8 Å². The van der Waals surface area contributed by atoms with Crippen molar-refractivity contribution in [2.75, 3.05) is 13.2 Å². The maximum absolute atomic E-state index is 10.4. The lowest BCUT2D eigenvalue weighted by atomic mass is 10.1. The lowest BCUT2D eigenvalue weighted by molar-refractivity contribution is -0.0177. The molecule has 6 N–H and O–H groups in total. The third kappa shape index (κ3) is 12.6. The quantitative estimate of drug-likeness (QED) is 0.332. The van der Waals surface area contributed by atoms with E-state index in [2.05, 4.69) is 0 Å². The third-order valence-corrected chi connectivity index (χ3v) is 3.59. The van der Waals surface area contributed by atoms with Crippen molar-refractivity contribution in [3.8, 4) is 0 Å². The molecule has 0 aliphatic heterocycles. The van der Waals surface area contributed by atoms with E-state index in [4.69, 9.17) is 35.4 Å². The van der Waals surface area contributed by atoms with Crippen LogP contribution in [0.2, 0.25) is 0 Å². The zero-order valence-corrected chi connectivity index (χ0v) is 17.9. The van der Waals surface area contributed by atoms with Gasteiger partial charge >= 0.3 is 23.9 Å². The molecule has 0 saturated carbocycles. The van der Waals surface area contributed by atoms with E-state index in [9.17, 15) is 19.2 Å². The molecule has 0 aliphatic carbocycles. The Balaban J connectivity index is 0.000000472. The average molecular weight is 466 g/mol. The molecule has 0 spiro atoms. The molecule has 11 nitrogen and oxygen atoms in total. The second-order valence-electron chi connectivity index (χ2n) is 6.56. The number of aliphatic hydroxyl groups excluding tert-OH is 2. The van der Waals surface area contributed by atoms with Gasteiger partial charge in [0.15, 0.2) is 0 Å². The molecule has 0 aliphatic rings. The van der Waals surface area contributed by atoms with Gasteiger partial charge in [0.25, 0.3) is 0 Å². The summed E-state index contributed by atoms with van der Waals surface area (Å²) in [4.78, 5) is 41.5. The molecule has 0 saturated heterocycles. The van der Waals surface area contributed by atoms with Crippen molar-refractivity contribution >= 4 is 23.9 Å². The van der Waals surface area contributed by atoms with Crippen LogP contribution in [0.3, 0.4) is 0 Å². The molecular formula is C22H26O11. The highest BCUT2D eigenvalue weighted by Gasteiger charge is 2.07. The van der Waals surface area contributed by atoms with Gasteiger partial charge in [0.2, 0.25) is 0 Å². The summed E-state index contributed by atoms with van der Waals surface area (Å²) in [6.45, 7) is 3.70. The summed E-state index contributed by atoms with van der Waals surface area (Å²) in [7, 11) is 0. The van der Waals surface area contributed by atoms with Gasteiger partial charge in [-0.3, -0.25) is 0 Å². The molecule has 0 heterocycles. The second kappa shape index (κ2) is 15.1. The first-order valence-electron chi connectivity index (χ1n) is 9.42. The molecule has 33 heavy (non-hydrogen) atoms. The fraction of sp³-hybridized carbons (Fsp3) is 0.273. The Bertz CT molecular complexity index is 811. The number of aliphatic hydroxyl groups is 2. The maximum atomic E-state index is 10.4. The van der Waals surface area contributed by atoms with Crippen molar-refractivity contribution < 1.29 is 54.6 Å². The van der Waals surface area contributed by atoms with E-state index in [1.54, 1.807) is 13.8 Å². The molecule has 2 aromatic carbocycles. The monoisotopic (exact) mass is 466 g/mol. The Morgan fingerprint density at radius 3 is 1.24 bits per heavy atom. The highest BCUT2D eigenvalue weighted by Crippen LogP contribution is 2.05. The predicted molar refractivity (Wildman–Crippen MR) is 115 cm³/mol. The highest BCUT2D eigenvalue weighted by molar-refractivity contribution is 5.94. The lowest BCUT2D eigenvalue weighted by Crippen LogP contribution is -2.19. The van der Waals surface area contributed by atoms with Crippen molar-refractivity contribution in [2.45, 2.75) is 26.1 Å². The topological polar surface area (TPSA) is 199 Å². The molecular weight excluding hydrogens is 440 g/mol. The molecule has 0 bridgehead atoms. The van der Waals surface area contributed by atoms with Crippen LogP contribution in [0.5, 0.6) is 0 Å². The minimum atomic E-state index is -1.13. The predicted octanol–water partition coefficient (Wildman–Crippen LogP) is 1.93. The summed E-state index contributed by atoms with van der Waals surface area (Å²) >= 11 is 0. The van der Waals surface area contributed by atoms with Gasteiger partial charge < -0.3 is 35.4 Å². The van der Waals surface area contributed by atoms with Crippen LogP contribution in [0.1, 0.15) is 55.3 Å². The first-order valence-corrected chi connectivity index (χ1v) is 9.42. The molecule has 0 amide bonds. The Labute approximate surface area is 189 Å². The van der Waals surface area contributed by atoms with E-state index in [1.165, 1.54) is 36.4 Å².